The first kappa shape index (κ1) is 21.0. The molecule has 156 valence electrons. The van der Waals surface area contributed by atoms with Gasteiger partial charge in [0.2, 0.25) is 15.9 Å². The Labute approximate surface area is 171 Å². The quantitative estimate of drug-likeness (QED) is 0.779. The van der Waals surface area contributed by atoms with Crippen LogP contribution in [0.25, 0.3) is 0 Å². The summed E-state index contributed by atoms with van der Waals surface area (Å²) in [6.07, 6.45) is 0.746. The van der Waals surface area contributed by atoms with E-state index in [1.165, 1.54) is 0 Å². The maximum atomic E-state index is 12.7. The van der Waals surface area contributed by atoms with E-state index in [9.17, 15) is 13.2 Å². The van der Waals surface area contributed by atoms with E-state index in [1.54, 1.807) is 25.1 Å². The summed E-state index contributed by atoms with van der Waals surface area (Å²) in [6, 6.07) is 11.7. The Balaban J connectivity index is 1.69. The van der Waals surface area contributed by atoms with Crippen molar-refractivity contribution in [2.24, 2.45) is 0 Å². The molecule has 1 aliphatic rings. The van der Waals surface area contributed by atoms with Gasteiger partial charge in [0.1, 0.15) is 18.8 Å². The van der Waals surface area contributed by atoms with E-state index < -0.39 is 22.0 Å². The lowest BCUT2D eigenvalue weighted by molar-refractivity contribution is -0.122. The number of nitrogens with one attached hydrogen (secondary N) is 1. The molecule has 0 saturated carbocycles. The number of anilines is 1. The number of nitrogens with zero attached hydrogens (tertiary/aromatic N) is 1. The number of aryl methyl sites for hydroxylation is 2. The van der Waals surface area contributed by atoms with Crippen LogP contribution in [0, 0.1) is 13.8 Å². The van der Waals surface area contributed by atoms with E-state index in [4.69, 9.17) is 9.47 Å². The second kappa shape index (κ2) is 8.32. The highest BCUT2D eigenvalue weighted by molar-refractivity contribution is 7.92. The molecule has 1 N–H and O–H groups in total. The summed E-state index contributed by atoms with van der Waals surface area (Å²) in [5.74, 6) is 0.886. The van der Waals surface area contributed by atoms with Crippen LogP contribution in [0.2, 0.25) is 0 Å². The van der Waals surface area contributed by atoms with Crippen molar-refractivity contribution < 1.29 is 22.7 Å². The summed E-state index contributed by atoms with van der Waals surface area (Å²) in [4.78, 5) is 12.7. The van der Waals surface area contributed by atoms with Crippen molar-refractivity contribution >= 4 is 21.6 Å². The van der Waals surface area contributed by atoms with Crippen LogP contribution in [0.15, 0.2) is 42.5 Å². The molecule has 0 radical (unpaired) electrons. The molecule has 0 unspecified atom stereocenters. The summed E-state index contributed by atoms with van der Waals surface area (Å²) < 4.78 is 37.5. The molecule has 0 aromatic heterocycles. The van der Waals surface area contributed by atoms with Crippen LogP contribution in [-0.2, 0) is 14.8 Å². The lowest BCUT2D eigenvalue weighted by Crippen LogP contribution is -2.50. The van der Waals surface area contributed by atoms with Crippen LogP contribution < -0.4 is 19.1 Å². The van der Waals surface area contributed by atoms with Gasteiger partial charge in [0.25, 0.3) is 0 Å². The van der Waals surface area contributed by atoms with Crippen molar-refractivity contribution in [2.45, 2.75) is 32.9 Å². The second-order valence-electron chi connectivity index (χ2n) is 7.25. The van der Waals surface area contributed by atoms with Gasteiger partial charge in [-0.2, -0.15) is 0 Å². The zero-order valence-corrected chi connectivity index (χ0v) is 17.8. The maximum Gasteiger partial charge on any atom is 0.243 e. The topological polar surface area (TPSA) is 84.9 Å². The molecule has 8 heteroatoms. The largest absolute Gasteiger partial charge is 0.486 e. The third kappa shape index (κ3) is 4.82. The molecular weight excluding hydrogens is 392 g/mol. The molecular formula is C21H26N2O5S. The summed E-state index contributed by atoms with van der Waals surface area (Å²) >= 11 is 0. The molecule has 2 atom stereocenters. The van der Waals surface area contributed by atoms with Crippen LogP contribution in [-0.4, -0.2) is 45.9 Å². The molecule has 7 nitrogen and oxygen atoms in total. The van der Waals surface area contributed by atoms with Gasteiger partial charge >= 0.3 is 0 Å². The van der Waals surface area contributed by atoms with Gasteiger partial charge in [-0.25, -0.2) is 8.42 Å². The fourth-order valence-corrected chi connectivity index (χ4v) is 4.36. The molecule has 1 amide bonds. The summed E-state index contributed by atoms with van der Waals surface area (Å²) in [6.45, 7) is 5.94. The fraction of sp³-hybridized carbons (Fsp3) is 0.381. The number of benzene rings is 2. The average molecular weight is 419 g/mol. The molecule has 0 saturated heterocycles. The number of amides is 1. The van der Waals surface area contributed by atoms with Gasteiger partial charge in [0.05, 0.1) is 18.5 Å². The van der Waals surface area contributed by atoms with Crippen LogP contribution in [0.3, 0.4) is 0 Å². The number of fused-ring (bicyclic) bond motifs is 1. The summed E-state index contributed by atoms with van der Waals surface area (Å²) in [5, 5.41) is 2.78. The molecule has 3 rings (SSSR count). The Morgan fingerprint density at radius 1 is 1.17 bits per heavy atom. The highest BCUT2D eigenvalue weighted by Crippen LogP contribution is 2.30. The van der Waals surface area contributed by atoms with Crippen LogP contribution >= 0.6 is 0 Å². The van der Waals surface area contributed by atoms with Crippen molar-refractivity contribution in [3.63, 3.8) is 0 Å². The average Bonchev–Trinajstić information content (AvgIpc) is 2.67. The number of hydrogen-bond acceptors (Lipinski definition) is 5. The number of hydrogen-bond donors (Lipinski definition) is 1. The normalized spacial score (nSPS) is 16.8. The number of ether oxygens (including phenoxy) is 2. The van der Waals surface area contributed by atoms with E-state index in [0.29, 0.717) is 23.8 Å². The van der Waals surface area contributed by atoms with E-state index in [1.807, 2.05) is 38.1 Å². The molecule has 2 aromatic rings. The van der Waals surface area contributed by atoms with Gasteiger partial charge in [0.15, 0.2) is 11.5 Å². The second-order valence-corrected chi connectivity index (χ2v) is 9.11. The van der Waals surface area contributed by atoms with Crippen LogP contribution in [0.5, 0.6) is 11.5 Å². The maximum absolute atomic E-state index is 12.7. The van der Waals surface area contributed by atoms with Crippen LogP contribution in [0.1, 0.15) is 18.1 Å². The molecule has 0 bridgehead atoms. The minimum absolute atomic E-state index is 0.210. The van der Waals surface area contributed by atoms with Crippen molar-refractivity contribution in [1.82, 2.24) is 5.32 Å². The third-order valence-corrected chi connectivity index (χ3v) is 6.15. The molecule has 0 fully saturated rings. The third-order valence-electron chi connectivity index (χ3n) is 4.90. The molecule has 0 spiro atoms. The molecule has 0 aliphatic carbocycles. The lowest BCUT2D eigenvalue weighted by atomic mass is 10.1. The SMILES string of the molecule is Cc1ccc(N([C@H](C)C(=O)NC[C@@H]2COc3ccccc3O2)S(C)(=O)=O)cc1C. The Morgan fingerprint density at radius 3 is 2.52 bits per heavy atom. The predicted octanol–water partition coefficient (Wildman–Crippen LogP) is 2.41. The minimum Gasteiger partial charge on any atom is -0.486 e. The molecule has 29 heavy (non-hydrogen) atoms. The molecule has 2 aromatic carbocycles. The zero-order chi connectivity index (χ0) is 21.2. The number of para-hydroxylation sites is 2. The van der Waals surface area contributed by atoms with E-state index in [0.717, 1.165) is 21.7 Å². The van der Waals surface area contributed by atoms with Gasteiger partial charge < -0.3 is 14.8 Å². The van der Waals surface area contributed by atoms with Crippen molar-refractivity contribution in [3.8, 4) is 11.5 Å². The van der Waals surface area contributed by atoms with Gasteiger partial charge in [-0.3, -0.25) is 9.10 Å². The van der Waals surface area contributed by atoms with Crippen molar-refractivity contribution in [2.75, 3.05) is 23.7 Å². The Kier molecular flexibility index (Phi) is 6.02. The smallest absolute Gasteiger partial charge is 0.243 e. The number of carbonyl (C=O) groups is 1. The first-order valence-corrected chi connectivity index (χ1v) is 11.2. The highest BCUT2D eigenvalue weighted by atomic mass is 32.2. The fourth-order valence-electron chi connectivity index (χ4n) is 3.20. The zero-order valence-electron chi connectivity index (χ0n) is 17.0. The van der Waals surface area contributed by atoms with E-state index in [-0.39, 0.29) is 12.6 Å². The van der Waals surface area contributed by atoms with Crippen molar-refractivity contribution in [3.05, 3.63) is 53.6 Å². The first-order valence-electron chi connectivity index (χ1n) is 9.39. The van der Waals surface area contributed by atoms with Gasteiger partial charge in [-0.1, -0.05) is 18.2 Å². The van der Waals surface area contributed by atoms with Crippen LogP contribution in [0.4, 0.5) is 5.69 Å². The monoisotopic (exact) mass is 418 g/mol. The number of carbonyl (C=O) groups excluding carboxylic acids is 1. The molecule has 1 aliphatic heterocycles. The Morgan fingerprint density at radius 2 is 1.86 bits per heavy atom. The van der Waals surface area contributed by atoms with E-state index in [2.05, 4.69) is 5.32 Å². The molecule has 1 heterocycles. The highest BCUT2D eigenvalue weighted by Gasteiger charge is 2.30. The minimum atomic E-state index is -3.66. The summed E-state index contributed by atoms with van der Waals surface area (Å²) in [7, 11) is -3.66. The van der Waals surface area contributed by atoms with Gasteiger partial charge in [0, 0.05) is 0 Å². The number of rotatable bonds is 6. The van der Waals surface area contributed by atoms with Gasteiger partial charge in [-0.15, -0.1) is 0 Å². The Hall–Kier alpha value is -2.74. The first-order chi connectivity index (χ1) is 13.7. The summed E-state index contributed by atoms with van der Waals surface area (Å²) in [5.41, 5.74) is 2.47. The number of sulfonamides is 1. The Bertz CT molecular complexity index is 1010. The van der Waals surface area contributed by atoms with Crippen molar-refractivity contribution in [1.29, 1.82) is 0 Å². The van der Waals surface area contributed by atoms with E-state index >= 15 is 0 Å². The predicted molar refractivity (Wildman–Crippen MR) is 112 cm³/mol. The lowest BCUT2D eigenvalue weighted by Gasteiger charge is -2.30. The standard InChI is InChI=1S/C21H26N2O5S/c1-14-9-10-17(11-15(14)2)23(29(4,25)26)16(3)21(24)22-12-18-13-27-19-7-5-6-8-20(19)28-18/h5-11,16,18H,12-13H2,1-4H3,(H,22,24)/t16-,18-/m1/s1. The van der Waals surface area contributed by atoms with Gasteiger partial charge in [-0.05, 0) is 56.2 Å².